The van der Waals surface area contributed by atoms with E-state index >= 15 is 0 Å². The van der Waals surface area contributed by atoms with Crippen molar-refractivity contribution < 1.29 is 19.0 Å². The number of hydrogen-bond acceptors (Lipinski definition) is 6. The van der Waals surface area contributed by atoms with Gasteiger partial charge in [0.05, 0.1) is 36.5 Å². The number of aromatic nitrogens is 3. The zero-order valence-corrected chi connectivity index (χ0v) is 16.4. The minimum Gasteiger partial charge on any atom is -0.391 e. The van der Waals surface area contributed by atoms with Crippen molar-refractivity contribution >= 4 is 17.5 Å². The Morgan fingerprint density at radius 2 is 2.00 bits per heavy atom. The fraction of sp³-hybridized carbons (Fsp3) is 0.200. The second-order valence-corrected chi connectivity index (χ2v) is 6.85. The highest BCUT2D eigenvalue weighted by atomic mass is 35.5. The molecule has 4 rings (SSSR count). The maximum absolute atomic E-state index is 13.4. The van der Waals surface area contributed by atoms with Gasteiger partial charge in [-0.05, 0) is 24.6 Å². The molecule has 0 radical (unpaired) electrons. The minimum atomic E-state index is -0.907. The van der Waals surface area contributed by atoms with E-state index in [1.165, 1.54) is 12.3 Å². The first-order chi connectivity index (χ1) is 14.3. The van der Waals surface area contributed by atoms with Gasteiger partial charge >= 0.3 is 0 Å². The van der Waals surface area contributed by atoms with Gasteiger partial charge in [-0.2, -0.15) is 9.78 Å². The zero-order chi connectivity index (χ0) is 21.7. The topological polar surface area (TPSA) is 120 Å². The number of carbonyl (C=O) groups is 1. The smallest absolute Gasteiger partial charge is 0.284 e. The summed E-state index contributed by atoms with van der Waals surface area (Å²) in [5, 5.41) is 13.3. The summed E-state index contributed by atoms with van der Waals surface area (Å²) in [5.41, 5.74) is 5.25. The summed E-state index contributed by atoms with van der Waals surface area (Å²) in [6.45, 7) is 1.28. The molecular weight excluding hydrogens is 415 g/mol. The third-order valence-electron chi connectivity index (χ3n) is 4.16. The molecule has 1 aromatic carbocycles. The standard InChI is InChI=1S/C16H10ClFN4O2.C4H8O2/c17-10-3-1-9(2-4-10)14-6-13(15(19)23)16(24)22(21-14)12-5-11(18)7-20-8-12;5-4-1-2-6-3-4/h1-8H,(H2,19,23);4-5H,1-3H2. The van der Waals surface area contributed by atoms with Crippen LogP contribution in [0.25, 0.3) is 16.9 Å². The lowest BCUT2D eigenvalue weighted by Crippen LogP contribution is -2.30. The second kappa shape index (κ2) is 9.57. The molecule has 30 heavy (non-hydrogen) atoms. The van der Waals surface area contributed by atoms with Crippen molar-refractivity contribution in [2.24, 2.45) is 5.73 Å². The zero-order valence-electron chi connectivity index (χ0n) is 15.7. The van der Waals surface area contributed by atoms with E-state index in [9.17, 15) is 14.0 Å². The lowest BCUT2D eigenvalue weighted by molar-refractivity contribution is 0.0998. The van der Waals surface area contributed by atoms with Crippen LogP contribution in [0.5, 0.6) is 0 Å². The summed E-state index contributed by atoms with van der Waals surface area (Å²) in [6.07, 6.45) is 2.89. The maximum Gasteiger partial charge on any atom is 0.284 e. The van der Waals surface area contributed by atoms with Gasteiger partial charge in [-0.1, -0.05) is 23.7 Å². The van der Waals surface area contributed by atoms with Gasteiger partial charge in [0, 0.05) is 23.3 Å². The van der Waals surface area contributed by atoms with Gasteiger partial charge < -0.3 is 15.6 Å². The van der Waals surface area contributed by atoms with E-state index in [0.29, 0.717) is 22.9 Å². The molecule has 3 N–H and O–H groups in total. The Morgan fingerprint density at radius 3 is 2.53 bits per heavy atom. The van der Waals surface area contributed by atoms with Crippen molar-refractivity contribution in [1.29, 1.82) is 0 Å². The number of amides is 1. The van der Waals surface area contributed by atoms with Crippen LogP contribution in [0.2, 0.25) is 5.02 Å². The second-order valence-electron chi connectivity index (χ2n) is 6.41. The van der Waals surface area contributed by atoms with Gasteiger partial charge in [0.15, 0.2) is 0 Å². The predicted molar refractivity (Wildman–Crippen MR) is 108 cm³/mol. The van der Waals surface area contributed by atoms with Crippen molar-refractivity contribution in [3.8, 4) is 16.9 Å². The molecule has 1 unspecified atom stereocenters. The largest absolute Gasteiger partial charge is 0.391 e. The summed E-state index contributed by atoms with van der Waals surface area (Å²) in [6, 6.07) is 9.00. The number of aliphatic hydroxyl groups excluding tert-OH is 1. The molecule has 8 nitrogen and oxygen atoms in total. The van der Waals surface area contributed by atoms with E-state index in [1.807, 2.05) is 0 Å². The Balaban J connectivity index is 0.000000367. The monoisotopic (exact) mass is 432 g/mol. The number of hydrogen-bond donors (Lipinski definition) is 2. The molecule has 1 saturated heterocycles. The Kier molecular flexibility index (Phi) is 6.88. The fourth-order valence-corrected chi connectivity index (χ4v) is 2.77. The van der Waals surface area contributed by atoms with Crippen molar-refractivity contribution in [2.75, 3.05) is 13.2 Å². The number of carbonyl (C=O) groups excluding carboxylic acids is 1. The first-order valence-electron chi connectivity index (χ1n) is 8.92. The van der Waals surface area contributed by atoms with Crippen molar-refractivity contribution in [1.82, 2.24) is 14.8 Å². The summed E-state index contributed by atoms with van der Waals surface area (Å²) < 4.78 is 19.1. The Bertz CT molecular complexity index is 1100. The molecule has 1 amide bonds. The lowest BCUT2D eigenvalue weighted by Gasteiger charge is -2.09. The summed E-state index contributed by atoms with van der Waals surface area (Å²) in [5.74, 6) is -1.55. The average Bonchev–Trinajstić information content (AvgIpc) is 3.20. The Hall–Kier alpha value is -3.14. The number of primary amides is 1. The van der Waals surface area contributed by atoms with E-state index < -0.39 is 17.3 Å². The van der Waals surface area contributed by atoms with Crippen molar-refractivity contribution in [3.63, 3.8) is 0 Å². The molecule has 3 heterocycles. The summed E-state index contributed by atoms with van der Waals surface area (Å²) in [7, 11) is 0. The fourth-order valence-electron chi connectivity index (χ4n) is 2.65. The molecule has 2 aromatic heterocycles. The van der Waals surface area contributed by atoms with E-state index in [-0.39, 0.29) is 17.4 Å². The number of ether oxygens (including phenoxy) is 1. The number of benzene rings is 1. The maximum atomic E-state index is 13.4. The van der Waals surface area contributed by atoms with Crippen LogP contribution in [0.3, 0.4) is 0 Å². The van der Waals surface area contributed by atoms with Gasteiger partial charge in [-0.3, -0.25) is 14.6 Å². The quantitative estimate of drug-likeness (QED) is 0.652. The summed E-state index contributed by atoms with van der Waals surface area (Å²) >= 11 is 5.85. The first kappa shape index (κ1) is 21.6. The molecular formula is C20H18ClFN4O4. The molecule has 0 aliphatic carbocycles. The molecule has 1 fully saturated rings. The molecule has 0 spiro atoms. The molecule has 0 saturated carbocycles. The van der Waals surface area contributed by atoms with Crippen LogP contribution in [0.15, 0.2) is 53.6 Å². The predicted octanol–water partition coefficient (Wildman–Crippen LogP) is 1.95. The molecule has 10 heteroatoms. The molecule has 1 atom stereocenters. The van der Waals surface area contributed by atoms with Gasteiger partial charge in [0.2, 0.25) is 0 Å². The van der Waals surface area contributed by atoms with E-state index in [4.69, 9.17) is 27.2 Å². The molecule has 3 aromatic rings. The van der Waals surface area contributed by atoms with Crippen LogP contribution in [-0.2, 0) is 4.74 Å². The van der Waals surface area contributed by atoms with Crippen LogP contribution in [-0.4, -0.2) is 45.1 Å². The Morgan fingerprint density at radius 1 is 1.27 bits per heavy atom. The Labute approximate surface area is 175 Å². The van der Waals surface area contributed by atoms with Gasteiger partial charge in [-0.25, -0.2) is 4.39 Å². The third-order valence-corrected chi connectivity index (χ3v) is 4.41. The highest BCUT2D eigenvalue weighted by Gasteiger charge is 2.16. The van der Waals surface area contributed by atoms with Crippen LogP contribution in [0.1, 0.15) is 16.8 Å². The number of nitrogens with zero attached hydrogens (tertiary/aromatic N) is 3. The number of halogens is 2. The number of nitrogens with two attached hydrogens (primary N) is 1. The van der Waals surface area contributed by atoms with Crippen LogP contribution in [0.4, 0.5) is 4.39 Å². The number of aliphatic hydroxyl groups is 1. The van der Waals surface area contributed by atoms with Crippen molar-refractivity contribution in [3.05, 3.63) is 75.5 Å². The highest BCUT2D eigenvalue weighted by molar-refractivity contribution is 6.30. The van der Waals surface area contributed by atoms with Gasteiger partial charge in [0.25, 0.3) is 11.5 Å². The van der Waals surface area contributed by atoms with E-state index in [1.54, 1.807) is 24.3 Å². The number of rotatable bonds is 3. The normalized spacial score (nSPS) is 15.4. The summed E-state index contributed by atoms with van der Waals surface area (Å²) in [4.78, 5) is 27.7. The lowest BCUT2D eigenvalue weighted by atomic mass is 10.1. The average molecular weight is 433 g/mol. The molecule has 1 aliphatic heterocycles. The van der Waals surface area contributed by atoms with Crippen LogP contribution in [0, 0.1) is 5.82 Å². The van der Waals surface area contributed by atoms with E-state index in [2.05, 4.69) is 10.1 Å². The highest BCUT2D eigenvalue weighted by Crippen LogP contribution is 2.20. The van der Waals surface area contributed by atoms with Crippen molar-refractivity contribution in [2.45, 2.75) is 12.5 Å². The SMILES string of the molecule is NC(=O)c1cc(-c2ccc(Cl)cc2)nn(-c2cncc(F)c2)c1=O.OC1CCOC1. The van der Waals surface area contributed by atoms with Gasteiger partial charge in [0.1, 0.15) is 11.4 Å². The molecule has 156 valence electrons. The van der Waals surface area contributed by atoms with E-state index in [0.717, 1.165) is 30.0 Å². The van der Waals surface area contributed by atoms with Crippen LogP contribution < -0.4 is 11.3 Å². The number of pyridine rings is 1. The van der Waals surface area contributed by atoms with Crippen LogP contribution >= 0.6 is 11.6 Å². The third kappa shape index (κ3) is 5.26. The molecule has 1 aliphatic rings. The molecule has 0 bridgehead atoms. The first-order valence-corrected chi connectivity index (χ1v) is 9.30. The van der Waals surface area contributed by atoms with Gasteiger partial charge in [-0.15, -0.1) is 0 Å². The minimum absolute atomic E-state index is 0.0818.